The predicted octanol–water partition coefficient (Wildman–Crippen LogP) is 6.15. The van der Waals surface area contributed by atoms with Gasteiger partial charge < -0.3 is 10.2 Å². The predicted molar refractivity (Wildman–Crippen MR) is 123 cm³/mol. The van der Waals surface area contributed by atoms with Gasteiger partial charge in [0.1, 0.15) is 0 Å². The minimum atomic E-state index is 0.149. The van der Waals surface area contributed by atoms with E-state index >= 15 is 0 Å². The Bertz CT molecular complexity index is 823. The smallest absolute Gasteiger partial charge is 0.0639 e. The zero-order valence-electron chi connectivity index (χ0n) is 18.9. The number of allylic oxidation sites excluding steroid dienone is 1. The molecule has 1 fully saturated rings. The largest absolute Gasteiger partial charge is 0.396 e. The molecule has 0 aromatic heterocycles. The van der Waals surface area contributed by atoms with E-state index in [-0.39, 0.29) is 12.0 Å². The van der Waals surface area contributed by atoms with Crippen LogP contribution in [0.4, 0.5) is 0 Å². The van der Waals surface area contributed by atoms with Gasteiger partial charge in [-0.3, -0.25) is 0 Å². The molecule has 2 aromatic carbocycles. The zero-order valence-corrected chi connectivity index (χ0v) is 18.9. The van der Waals surface area contributed by atoms with Crippen molar-refractivity contribution in [1.82, 2.24) is 0 Å². The molecule has 158 valence electrons. The van der Waals surface area contributed by atoms with Crippen LogP contribution in [-0.4, -0.2) is 23.4 Å². The average molecular weight is 395 g/mol. The van der Waals surface area contributed by atoms with Gasteiger partial charge in [-0.1, -0.05) is 92.1 Å². The quantitative estimate of drug-likeness (QED) is 0.577. The Balaban J connectivity index is 0.000000208. The molecule has 4 unspecified atom stereocenters. The van der Waals surface area contributed by atoms with Crippen molar-refractivity contribution < 1.29 is 10.2 Å². The van der Waals surface area contributed by atoms with Crippen LogP contribution < -0.4 is 0 Å². The topological polar surface area (TPSA) is 40.5 Å². The van der Waals surface area contributed by atoms with Gasteiger partial charge in [-0.25, -0.2) is 0 Å². The lowest BCUT2D eigenvalue weighted by Gasteiger charge is -2.15. The maximum absolute atomic E-state index is 9.29. The molecule has 1 aliphatic rings. The summed E-state index contributed by atoms with van der Waals surface area (Å²) in [6.07, 6.45) is 3.27. The highest BCUT2D eigenvalue weighted by atomic mass is 16.3. The molecule has 0 heterocycles. The molecular formula is C27H38O2. The Morgan fingerprint density at radius 1 is 1.03 bits per heavy atom. The van der Waals surface area contributed by atoms with Crippen LogP contribution in [-0.2, 0) is 0 Å². The van der Waals surface area contributed by atoms with E-state index in [1.807, 2.05) is 6.92 Å². The van der Waals surface area contributed by atoms with Crippen molar-refractivity contribution in [3.63, 3.8) is 0 Å². The fraction of sp³-hybridized carbons (Fsp3) is 0.481. The van der Waals surface area contributed by atoms with E-state index in [2.05, 4.69) is 89.2 Å². The van der Waals surface area contributed by atoms with Gasteiger partial charge in [0.15, 0.2) is 0 Å². The summed E-state index contributed by atoms with van der Waals surface area (Å²) < 4.78 is 0. The van der Waals surface area contributed by atoms with Crippen molar-refractivity contribution >= 4 is 0 Å². The van der Waals surface area contributed by atoms with Gasteiger partial charge in [0, 0.05) is 6.61 Å². The highest BCUT2D eigenvalue weighted by Gasteiger charge is 2.52. The van der Waals surface area contributed by atoms with E-state index in [1.165, 1.54) is 28.7 Å². The van der Waals surface area contributed by atoms with Gasteiger partial charge in [0.2, 0.25) is 0 Å². The van der Waals surface area contributed by atoms with Crippen molar-refractivity contribution in [1.29, 1.82) is 0 Å². The number of hydrogen-bond donors (Lipinski definition) is 2. The molecule has 2 aromatic rings. The molecule has 1 saturated carbocycles. The van der Waals surface area contributed by atoms with E-state index in [1.54, 1.807) is 0 Å². The van der Waals surface area contributed by atoms with Crippen LogP contribution in [0.5, 0.6) is 0 Å². The third-order valence-electron chi connectivity index (χ3n) is 6.31. The highest BCUT2D eigenvalue weighted by molar-refractivity contribution is 5.29. The SMILES string of the molecule is C/C(=C\C(C)c1cccc(C)c1)CO.Cc1cccc(C(C)C2CC2(C)CO)c1. The van der Waals surface area contributed by atoms with Crippen LogP contribution in [0.3, 0.4) is 0 Å². The minimum absolute atomic E-state index is 0.149. The van der Waals surface area contributed by atoms with Gasteiger partial charge in [0.25, 0.3) is 0 Å². The first-order chi connectivity index (χ1) is 13.7. The summed E-state index contributed by atoms with van der Waals surface area (Å²) in [5, 5.41) is 18.2. The highest BCUT2D eigenvalue weighted by Crippen LogP contribution is 2.58. The summed E-state index contributed by atoms with van der Waals surface area (Å²) in [6.45, 7) is 13.3. The third kappa shape index (κ3) is 6.55. The van der Waals surface area contributed by atoms with Gasteiger partial charge >= 0.3 is 0 Å². The fourth-order valence-corrected chi connectivity index (χ4v) is 4.12. The lowest BCUT2D eigenvalue weighted by atomic mass is 9.91. The number of rotatable bonds is 6. The van der Waals surface area contributed by atoms with Crippen LogP contribution in [0.2, 0.25) is 0 Å². The molecule has 0 spiro atoms. The second-order valence-corrected chi connectivity index (χ2v) is 9.20. The molecule has 0 radical (unpaired) electrons. The minimum Gasteiger partial charge on any atom is -0.396 e. The monoisotopic (exact) mass is 394 g/mol. The van der Waals surface area contributed by atoms with Crippen molar-refractivity contribution in [3.8, 4) is 0 Å². The van der Waals surface area contributed by atoms with Crippen LogP contribution >= 0.6 is 0 Å². The van der Waals surface area contributed by atoms with E-state index < -0.39 is 0 Å². The Morgan fingerprint density at radius 2 is 1.59 bits per heavy atom. The third-order valence-corrected chi connectivity index (χ3v) is 6.31. The summed E-state index contributed by atoms with van der Waals surface area (Å²) in [4.78, 5) is 0. The molecule has 1 aliphatic carbocycles. The molecule has 0 aliphatic heterocycles. The van der Waals surface area contributed by atoms with Gasteiger partial charge in [-0.05, 0) is 61.5 Å². The lowest BCUT2D eigenvalue weighted by Crippen LogP contribution is -2.08. The maximum atomic E-state index is 9.29. The molecule has 3 rings (SSSR count). The summed E-state index contributed by atoms with van der Waals surface area (Å²) in [5.41, 5.74) is 6.53. The molecule has 0 saturated heterocycles. The summed E-state index contributed by atoms with van der Waals surface area (Å²) in [5.74, 6) is 1.60. The Morgan fingerprint density at radius 3 is 2.07 bits per heavy atom. The Hall–Kier alpha value is -1.90. The molecule has 29 heavy (non-hydrogen) atoms. The second kappa shape index (κ2) is 10.2. The normalized spacial score (nSPS) is 23.0. The zero-order chi connectivity index (χ0) is 21.6. The van der Waals surface area contributed by atoms with Crippen molar-refractivity contribution in [3.05, 3.63) is 82.4 Å². The van der Waals surface area contributed by atoms with Crippen LogP contribution in [0, 0.1) is 25.2 Å². The van der Waals surface area contributed by atoms with Gasteiger partial charge in [-0.15, -0.1) is 0 Å². The van der Waals surface area contributed by atoms with Gasteiger partial charge in [0.05, 0.1) is 6.61 Å². The molecule has 0 bridgehead atoms. The molecule has 4 atom stereocenters. The molecule has 2 nitrogen and oxygen atoms in total. The summed E-state index contributed by atoms with van der Waals surface area (Å²) >= 11 is 0. The van der Waals surface area contributed by atoms with E-state index in [9.17, 15) is 5.11 Å². The number of hydrogen-bond acceptors (Lipinski definition) is 2. The summed E-state index contributed by atoms with van der Waals surface area (Å²) in [6, 6.07) is 17.2. The second-order valence-electron chi connectivity index (χ2n) is 9.20. The van der Waals surface area contributed by atoms with Gasteiger partial charge in [-0.2, -0.15) is 0 Å². The van der Waals surface area contributed by atoms with E-state index in [0.29, 0.717) is 24.4 Å². The van der Waals surface area contributed by atoms with Crippen LogP contribution in [0.15, 0.2) is 60.2 Å². The lowest BCUT2D eigenvalue weighted by molar-refractivity contribution is 0.207. The average Bonchev–Trinajstić information content (AvgIpc) is 3.40. The molecule has 2 heteroatoms. The number of aliphatic hydroxyl groups excluding tert-OH is 2. The molecule has 2 N–H and O–H groups in total. The summed E-state index contributed by atoms with van der Waals surface area (Å²) in [7, 11) is 0. The van der Waals surface area contributed by atoms with Crippen molar-refractivity contribution in [2.75, 3.05) is 13.2 Å². The molecule has 0 amide bonds. The molecular weight excluding hydrogens is 356 g/mol. The van der Waals surface area contributed by atoms with Crippen LogP contribution in [0.1, 0.15) is 68.2 Å². The van der Waals surface area contributed by atoms with Crippen molar-refractivity contribution in [2.45, 2.75) is 59.8 Å². The number of aliphatic hydroxyl groups is 2. The Kier molecular flexibility index (Phi) is 8.24. The van der Waals surface area contributed by atoms with E-state index in [0.717, 1.165) is 5.57 Å². The van der Waals surface area contributed by atoms with Crippen molar-refractivity contribution in [2.24, 2.45) is 11.3 Å². The number of benzene rings is 2. The Labute approximate surface area is 177 Å². The van der Waals surface area contributed by atoms with Crippen LogP contribution in [0.25, 0.3) is 0 Å². The first-order valence-electron chi connectivity index (χ1n) is 10.7. The first-order valence-corrected chi connectivity index (χ1v) is 10.7. The standard InChI is InChI=1S/C14H20O.C13H18O/c1-10-5-4-6-12(7-10)11(2)13-8-14(13,3)9-15;1-10-5-4-6-13(8-10)12(3)7-11(2)9-14/h4-7,11,13,15H,8-9H2,1-3H3;4-8,12,14H,9H2,1-3H3/b;11-7+. The first kappa shape index (κ1) is 23.4. The van der Waals surface area contributed by atoms with E-state index in [4.69, 9.17) is 5.11 Å². The number of aryl methyl sites for hydroxylation is 2. The maximum Gasteiger partial charge on any atom is 0.0639 e. The fourth-order valence-electron chi connectivity index (χ4n) is 4.12.